The van der Waals surface area contributed by atoms with Crippen LogP contribution in [0.15, 0.2) is 4.99 Å². The van der Waals surface area contributed by atoms with E-state index in [0.29, 0.717) is 0 Å². The Hall–Kier alpha value is 0.260. The summed E-state index contributed by atoms with van der Waals surface area (Å²) in [5, 5.41) is 0. The van der Waals surface area contributed by atoms with E-state index in [1.807, 2.05) is 0 Å². The van der Waals surface area contributed by atoms with Crippen molar-refractivity contribution in [2.75, 3.05) is 0 Å². The van der Waals surface area contributed by atoms with Crippen LogP contribution in [-0.4, -0.2) is 24.6 Å². The van der Waals surface area contributed by atoms with Crippen molar-refractivity contribution in [2.24, 2.45) is 4.99 Å². The number of halogens is 1. The summed E-state index contributed by atoms with van der Waals surface area (Å²) in [5.41, 5.74) is 1.52. The first-order valence-corrected chi connectivity index (χ1v) is 5.94. The second kappa shape index (κ2) is 2.71. The molecule has 0 bridgehead atoms. The fourth-order valence-electron chi connectivity index (χ4n) is 0.677. The quantitative estimate of drug-likeness (QED) is 0.593. The lowest BCUT2D eigenvalue weighted by molar-refractivity contribution is 0.601. The number of nitrogens with zero attached hydrogens (tertiary/aromatic N) is 1. The summed E-state index contributed by atoms with van der Waals surface area (Å²) in [5.74, 6) is 0. The van der Waals surface area contributed by atoms with Crippen molar-refractivity contribution < 1.29 is 8.42 Å². The molecule has 0 N–H and O–H groups in total. The minimum atomic E-state index is -3.44. The number of hydrogen-bond donors (Lipinski definition) is 0. The lowest BCUT2D eigenvalue weighted by Gasteiger charge is -2.06. The average Bonchev–Trinajstić information content (AvgIpc) is 2.11. The first-order chi connectivity index (χ1) is 4.52. The molecule has 0 aromatic heterocycles. The van der Waals surface area contributed by atoms with Gasteiger partial charge in [-0.2, -0.15) is 0 Å². The van der Waals surface area contributed by atoms with Gasteiger partial charge in [0, 0.05) is 10.7 Å². The Morgan fingerprint density at radius 3 is 2.50 bits per heavy atom. The third-order valence-corrected chi connectivity index (χ3v) is 5.00. The van der Waals surface area contributed by atoms with E-state index in [9.17, 15) is 8.42 Å². The summed E-state index contributed by atoms with van der Waals surface area (Å²) in [7, 11) is 1.66. The van der Waals surface area contributed by atoms with E-state index < -0.39 is 13.6 Å². The predicted octanol–water partition coefficient (Wildman–Crippen LogP) is 1.04. The Morgan fingerprint density at radius 1 is 1.70 bits per heavy atom. The highest BCUT2D eigenvalue weighted by molar-refractivity contribution is 8.29. The van der Waals surface area contributed by atoms with Crippen LogP contribution in [0.4, 0.5) is 0 Å². The largest absolute Gasteiger partial charge is 0.281 e. The molecule has 0 radical (unpaired) electrons. The number of rotatable bonds is 1. The van der Waals surface area contributed by atoms with Gasteiger partial charge in [-0.1, -0.05) is 11.8 Å². The first-order valence-electron chi connectivity index (χ1n) is 2.62. The summed E-state index contributed by atoms with van der Waals surface area (Å²) < 4.78 is 20.8. The number of thioether (sulfide) groups is 1. The third-order valence-electron chi connectivity index (χ3n) is 1.16. The molecule has 0 aliphatic carbocycles. The lowest BCUT2D eigenvalue weighted by atomic mass is 10.4. The third kappa shape index (κ3) is 1.65. The molecular formula is C4H6ClNO2S2. The molecule has 1 aliphatic heterocycles. The first kappa shape index (κ1) is 8.36. The Morgan fingerprint density at radius 2 is 2.30 bits per heavy atom. The van der Waals surface area contributed by atoms with Crippen molar-refractivity contribution in [3.63, 3.8) is 0 Å². The van der Waals surface area contributed by atoms with Crippen molar-refractivity contribution in [1.82, 2.24) is 0 Å². The lowest BCUT2D eigenvalue weighted by Crippen LogP contribution is -2.20. The van der Waals surface area contributed by atoms with Gasteiger partial charge in [-0.05, 0) is 6.92 Å². The SMILES string of the molecule is CC1N=CSC1S(=O)(=O)Cl. The van der Waals surface area contributed by atoms with Crippen LogP contribution in [0.2, 0.25) is 0 Å². The summed E-state index contributed by atoms with van der Waals surface area (Å²) >= 11 is 1.15. The predicted molar refractivity (Wildman–Crippen MR) is 44.1 cm³/mol. The van der Waals surface area contributed by atoms with Crippen molar-refractivity contribution in [1.29, 1.82) is 0 Å². The van der Waals surface area contributed by atoms with Gasteiger partial charge in [-0.25, -0.2) is 8.42 Å². The average molecular weight is 200 g/mol. The highest BCUT2D eigenvalue weighted by Gasteiger charge is 2.32. The molecule has 2 atom stereocenters. The molecule has 0 aromatic rings. The molecule has 58 valence electrons. The molecule has 0 spiro atoms. The summed E-state index contributed by atoms with van der Waals surface area (Å²) in [6.07, 6.45) is 0. The van der Waals surface area contributed by atoms with E-state index in [-0.39, 0.29) is 6.04 Å². The topological polar surface area (TPSA) is 46.5 Å². The molecular weight excluding hydrogens is 194 g/mol. The molecule has 3 nitrogen and oxygen atoms in total. The molecule has 0 amide bonds. The van der Waals surface area contributed by atoms with Crippen LogP contribution in [0.3, 0.4) is 0 Å². The van der Waals surface area contributed by atoms with Crippen LogP contribution in [0.25, 0.3) is 0 Å². The highest BCUT2D eigenvalue weighted by Crippen LogP contribution is 2.28. The van der Waals surface area contributed by atoms with Gasteiger partial charge in [0.05, 0.1) is 11.6 Å². The van der Waals surface area contributed by atoms with Gasteiger partial charge >= 0.3 is 0 Å². The monoisotopic (exact) mass is 199 g/mol. The van der Waals surface area contributed by atoms with Crippen LogP contribution in [0.5, 0.6) is 0 Å². The number of aliphatic imine (C=N–C) groups is 1. The van der Waals surface area contributed by atoms with E-state index >= 15 is 0 Å². The van der Waals surface area contributed by atoms with Crippen LogP contribution in [0, 0.1) is 0 Å². The van der Waals surface area contributed by atoms with Gasteiger partial charge in [0.25, 0.3) is 0 Å². The van der Waals surface area contributed by atoms with Crippen LogP contribution >= 0.6 is 22.4 Å². The zero-order valence-electron chi connectivity index (χ0n) is 5.19. The van der Waals surface area contributed by atoms with Gasteiger partial charge in [-0.15, -0.1) is 0 Å². The molecule has 10 heavy (non-hydrogen) atoms. The van der Waals surface area contributed by atoms with Crippen LogP contribution in [0.1, 0.15) is 6.92 Å². The van der Waals surface area contributed by atoms with Crippen molar-refractivity contribution in [2.45, 2.75) is 17.5 Å². The van der Waals surface area contributed by atoms with Crippen molar-refractivity contribution in [3.05, 3.63) is 0 Å². The zero-order chi connectivity index (χ0) is 7.78. The van der Waals surface area contributed by atoms with Gasteiger partial charge in [-0.3, -0.25) is 4.99 Å². The molecule has 0 saturated carbocycles. The molecule has 0 saturated heterocycles. The maximum Gasteiger partial charge on any atom is 0.247 e. The second-order valence-corrected chi connectivity index (χ2v) is 6.01. The normalized spacial score (nSPS) is 33.0. The maximum absolute atomic E-state index is 10.7. The van der Waals surface area contributed by atoms with Crippen molar-refractivity contribution >= 4 is 37.0 Å². The maximum atomic E-state index is 10.7. The number of hydrogen-bond acceptors (Lipinski definition) is 4. The van der Waals surface area contributed by atoms with Gasteiger partial charge in [0.15, 0.2) is 0 Å². The molecule has 1 heterocycles. The Kier molecular flexibility index (Phi) is 2.27. The molecule has 0 aromatic carbocycles. The van der Waals surface area contributed by atoms with E-state index in [2.05, 4.69) is 4.99 Å². The summed E-state index contributed by atoms with van der Waals surface area (Å²) in [6, 6.07) is -0.215. The van der Waals surface area contributed by atoms with Gasteiger partial charge in [0.1, 0.15) is 4.58 Å². The van der Waals surface area contributed by atoms with E-state index in [4.69, 9.17) is 10.7 Å². The zero-order valence-corrected chi connectivity index (χ0v) is 7.58. The molecule has 0 fully saturated rings. The minimum Gasteiger partial charge on any atom is -0.281 e. The standard InChI is InChI=1S/C4H6ClNO2S2/c1-3-4(9-2-6-3)10(5,7)8/h2-4H,1H3. The summed E-state index contributed by atoms with van der Waals surface area (Å²) in [4.78, 5) is 3.86. The Bertz CT molecular complexity index is 248. The van der Waals surface area contributed by atoms with E-state index in [1.54, 1.807) is 6.92 Å². The fourth-order valence-corrected chi connectivity index (χ4v) is 3.40. The molecule has 1 rings (SSSR count). The van der Waals surface area contributed by atoms with Crippen LogP contribution in [-0.2, 0) is 9.05 Å². The van der Waals surface area contributed by atoms with E-state index in [1.165, 1.54) is 5.55 Å². The molecule has 1 aliphatic rings. The summed E-state index contributed by atoms with van der Waals surface area (Å²) in [6.45, 7) is 1.72. The highest BCUT2D eigenvalue weighted by atomic mass is 35.7. The van der Waals surface area contributed by atoms with Gasteiger partial charge < -0.3 is 0 Å². The van der Waals surface area contributed by atoms with Crippen LogP contribution < -0.4 is 0 Å². The smallest absolute Gasteiger partial charge is 0.247 e. The Labute approximate surface area is 68.3 Å². The Balaban J connectivity index is 2.79. The van der Waals surface area contributed by atoms with E-state index in [0.717, 1.165) is 11.8 Å². The molecule has 6 heteroatoms. The fraction of sp³-hybridized carbons (Fsp3) is 0.750. The minimum absolute atomic E-state index is 0.215. The van der Waals surface area contributed by atoms with Gasteiger partial charge in [0.2, 0.25) is 9.05 Å². The van der Waals surface area contributed by atoms with Crippen molar-refractivity contribution in [3.8, 4) is 0 Å². The molecule has 2 unspecified atom stereocenters. The second-order valence-electron chi connectivity index (χ2n) is 1.98.